The molecular weight excluding hydrogens is 410 g/mol. The van der Waals surface area contributed by atoms with Crippen molar-refractivity contribution in [3.8, 4) is 11.5 Å². The summed E-state index contributed by atoms with van der Waals surface area (Å²) in [6, 6.07) is 11.7. The van der Waals surface area contributed by atoms with E-state index in [1.54, 1.807) is 37.4 Å². The molecule has 7 heteroatoms. The number of aliphatic hydroxyl groups is 1. The van der Waals surface area contributed by atoms with Gasteiger partial charge in [0.05, 0.1) is 25.3 Å². The van der Waals surface area contributed by atoms with E-state index in [2.05, 4.69) is 0 Å². The van der Waals surface area contributed by atoms with Gasteiger partial charge in [-0.2, -0.15) is 0 Å². The molecule has 0 aromatic heterocycles. The summed E-state index contributed by atoms with van der Waals surface area (Å²) in [5.74, 6) is -0.503. The van der Waals surface area contributed by atoms with Crippen LogP contribution in [0.3, 0.4) is 0 Å². The lowest BCUT2D eigenvalue weighted by atomic mass is 9.94. The maximum absolute atomic E-state index is 13.0. The standard InChI is InChI=1S/C25H29NO6/c1-5-32-19-12-11-18(15-20(19)31-4)22-21(23(27)17-9-7-16(2)8-10-17)24(28)25(29)26(22)13-6-14-30-3/h7-12,15,22,27H,5-6,13-14H2,1-4H3/t22-/m1/s1. The van der Waals surface area contributed by atoms with Crippen molar-refractivity contribution >= 4 is 17.4 Å². The normalized spacial score (nSPS) is 17.6. The van der Waals surface area contributed by atoms with E-state index >= 15 is 0 Å². The number of aryl methyl sites for hydroxylation is 1. The second-order valence-corrected chi connectivity index (χ2v) is 7.55. The smallest absolute Gasteiger partial charge is 0.295 e. The van der Waals surface area contributed by atoms with Gasteiger partial charge >= 0.3 is 0 Å². The number of aliphatic hydroxyl groups excluding tert-OH is 1. The molecule has 0 aliphatic carbocycles. The van der Waals surface area contributed by atoms with Crippen LogP contribution in [0.2, 0.25) is 0 Å². The van der Waals surface area contributed by atoms with Gasteiger partial charge in [-0.3, -0.25) is 9.59 Å². The molecule has 1 saturated heterocycles. The maximum atomic E-state index is 13.0. The van der Waals surface area contributed by atoms with Crippen molar-refractivity contribution in [3.05, 3.63) is 64.7 Å². The number of likely N-dealkylation sites (tertiary alicyclic amines) is 1. The van der Waals surface area contributed by atoms with Crippen molar-refractivity contribution in [3.63, 3.8) is 0 Å². The molecule has 7 nitrogen and oxygen atoms in total. The first-order valence-electron chi connectivity index (χ1n) is 10.6. The van der Waals surface area contributed by atoms with Crippen molar-refractivity contribution in [1.29, 1.82) is 0 Å². The van der Waals surface area contributed by atoms with Gasteiger partial charge in [0.1, 0.15) is 5.76 Å². The van der Waals surface area contributed by atoms with Gasteiger partial charge in [-0.25, -0.2) is 0 Å². The van der Waals surface area contributed by atoms with Crippen LogP contribution in [0.15, 0.2) is 48.0 Å². The third-order valence-corrected chi connectivity index (χ3v) is 5.42. The van der Waals surface area contributed by atoms with Crippen molar-refractivity contribution in [2.75, 3.05) is 34.0 Å². The first-order valence-corrected chi connectivity index (χ1v) is 10.6. The van der Waals surface area contributed by atoms with Crippen LogP contribution in [0.5, 0.6) is 11.5 Å². The summed E-state index contributed by atoms with van der Waals surface area (Å²) in [7, 11) is 3.11. The highest BCUT2D eigenvalue weighted by molar-refractivity contribution is 6.46. The van der Waals surface area contributed by atoms with Gasteiger partial charge in [0, 0.05) is 25.8 Å². The van der Waals surface area contributed by atoms with Gasteiger partial charge in [-0.05, 0) is 38.0 Å². The Kier molecular flexibility index (Phi) is 7.53. The Morgan fingerprint density at radius 3 is 2.41 bits per heavy atom. The maximum Gasteiger partial charge on any atom is 0.295 e. The molecule has 0 radical (unpaired) electrons. The Balaban J connectivity index is 2.14. The average molecular weight is 440 g/mol. The fourth-order valence-corrected chi connectivity index (χ4v) is 3.83. The predicted molar refractivity (Wildman–Crippen MR) is 121 cm³/mol. The molecule has 2 aromatic carbocycles. The summed E-state index contributed by atoms with van der Waals surface area (Å²) < 4.78 is 16.2. The first kappa shape index (κ1) is 23.3. The van der Waals surface area contributed by atoms with Crippen LogP contribution in [-0.4, -0.2) is 55.7 Å². The van der Waals surface area contributed by atoms with Crippen LogP contribution < -0.4 is 9.47 Å². The Morgan fingerprint density at radius 1 is 1.06 bits per heavy atom. The van der Waals surface area contributed by atoms with Crippen LogP contribution in [0.4, 0.5) is 0 Å². The molecule has 0 spiro atoms. The van der Waals surface area contributed by atoms with Gasteiger partial charge < -0.3 is 24.2 Å². The van der Waals surface area contributed by atoms with Crippen LogP contribution in [-0.2, 0) is 14.3 Å². The minimum atomic E-state index is -0.752. The third kappa shape index (κ3) is 4.62. The molecule has 0 saturated carbocycles. The number of amides is 1. The first-order chi connectivity index (χ1) is 15.4. The second-order valence-electron chi connectivity index (χ2n) is 7.55. The molecule has 3 rings (SSSR count). The number of benzene rings is 2. The van der Waals surface area contributed by atoms with Gasteiger partial charge in [0.2, 0.25) is 0 Å². The van der Waals surface area contributed by atoms with Crippen LogP contribution in [0.25, 0.3) is 5.76 Å². The zero-order valence-electron chi connectivity index (χ0n) is 18.9. The molecule has 1 aliphatic rings. The Bertz CT molecular complexity index is 1010. The van der Waals surface area contributed by atoms with Crippen molar-refractivity contribution < 1.29 is 28.9 Å². The minimum absolute atomic E-state index is 0.0579. The lowest BCUT2D eigenvalue weighted by Gasteiger charge is -2.26. The fraction of sp³-hybridized carbons (Fsp3) is 0.360. The number of methoxy groups -OCH3 is 2. The number of ether oxygens (including phenoxy) is 3. The Hall–Kier alpha value is -3.32. The van der Waals surface area contributed by atoms with E-state index in [4.69, 9.17) is 14.2 Å². The van der Waals surface area contributed by atoms with E-state index in [0.717, 1.165) is 5.56 Å². The second kappa shape index (κ2) is 10.3. The van der Waals surface area contributed by atoms with Crippen molar-refractivity contribution in [1.82, 2.24) is 4.90 Å². The van der Waals surface area contributed by atoms with Gasteiger partial charge in [-0.15, -0.1) is 0 Å². The fourth-order valence-electron chi connectivity index (χ4n) is 3.83. The van der Waals surface area contributed by atoms with E-state index in [1.807, 2.05) is 26.0 Å². The number of rotatable bonds is 9. The average Bonchev–Trinajstić information content (AvgIpc) is 3.05. The molecule has 1 fully saturated rings. The number of nitrogens with zero attached hydrogens (tertiary/aromatic N) is 1. The zero-order valence-corrected chi connectivity index (χ0v) is 18.9. The molecule has 1 aliphatic heterocycles. The van der Waals surface area contributed by atoms with E-state index in [1.165, 1.54) is 12.0 Å². The van der Waals surface area contributed by atoms with Crippen LogP contribution >= 0.6 is 0 Å². The molecule has 32 heavy (non-hydrogen) atoms. The highest BCUT2D eigenvalue weighted by Gasteiger charge is 2.46. The van der Waals surface area contributed by atoms with Crippen LogP contribution in [0, 0.1) is 6.92 Å². The SMILES string of the molecule is CCOc1ccc([C@@H]2C(=C(O)c3ccc(C)cc3)C(=O)C(=O)N2CCCOC)cc1OC. The molecule has 1 amide bonds. The zero-order chi connectivity index (χ0) is 23.3. The number of hydrogen-bond acceptors (Lipinski definition) is 6. The van der Waals surface area contributed by atoms with Gasteiger partial charge in [-0.1, -0.05) is 35.9 Å². The number of carbonyl (C=O) groups excluding carboxylic acids is 2. The number of ketones is 1. The lowest BCUT2D eigenvalue weighted by Crippen LogP contribution is -2.31. The molecule has 1 heterocycles. The summed E-state index contributed by atoms with van der Waals surface area (Å²) in [4.78, 5) is 27.5. The van der Waals surface area contributed by atoms with Gasteiger partial charge in [0.25, 0.3) is 11.7 Å². The Labute approximate surface area is 188 Å². The minimum Gasteiger partial charge on any atom is -0.507 e. The number of hydrogen-bond donors (Lipinski definition) is 1. The molecular formula is C25H29NO6. The number of Topliss-reactive ketones (excluding diaryl/α,β-unsaturated/α-hetero) is 1. The van der Waals surface area contributed by atoms with E-state index < -0.39 is 17.7 Å². The molecule has 0 bridgehead atoms. The summed E-state index contributed by atoms with van der Waals surface area (Å²) >= 11 is 0. The summed E-state index contributed by atoms with van der Waals surface area (Å²) in [6.07, 6.45) is 0.554. The molecule has 0 unspecified atom stereocenters. The quantitative estimate of drug-likeness (QED) is 0.276. The summed E-state index contributed by atoms with van der Waals surface area (Å²) in [5, 5.41) is 11.1. The topological polar surface area (TPSA) is 85.3 Å². The van der Waals surface area contributed by atoms with Gasteiger partial charge in [0.15, 0.2) is 11.5 Å². The van der Waals surface area contributed by atoms with Crippen LogP contribution in [0.1, 0.15) is 36.1 Å². The predicted octanol–water partition coefficient (Wildman–Crippen LogP) is 3.86. The van der Waals surface area contributed by atoms with E-state index in [0.29, 0.717) is 48.8 Å². The highest BCUT2D eigenvalue weighted by atomic mass is 16.5. The van der Waals surface area contributed by atoms with E-state index in [9.17, 15) is 14.7 Å². The molecule has 1 N–H and O–H groups in total. The monoisotopic (exact) mass is 439 g/mol. The number of carbonyl (C=O) groups is 2. The Morgan fingerprint density at radius 2 is 1.78 bits per heavy atom. The molecule has 1 atom stereocenters. The third-order valence-electron chi connectivity index (χ3n) is 5.42. The van der Waals surface area contributed by atoms with E-state index in [-0.39, 0.29) is 11.3 Å². The largest absolute Gasteiger partial charge is 0.507 e. The molecule has 2 aromatic rings. The van der Waals surface area contributed by atoms with Crippen molar-refractivity contribution in [2.24, 2.45) is 0 Å². The summed E-state index contributed by atoms with van der Waals surface area (Å²) in [5.41, 5.74) is 2.21. The lowest BCUT2D eigenvalue weighted by molar-refractivity contribution is -0.140. The van der Waals surface area contributed by atoms with Crippen molar-refractivity contribution in [2.45, 2.75) is 26.3 Å². The highest BCUT2D eigenvalue weighted by Crippen LogP contribution is 2.42. The molecule has 170 valence electrons. The summed E-state index contributed by atoms with van der Waals surface area (Å²) in [6.45, 7) is 5.03.